The number of nitrogens with zero attached hydrogens (tertiary/aromatic N) is 3. The lowest BCUT2D eigenvalue weighted by Crippen LogP contribution is -2.31. The molecule has 4 aromatic rings. The van der Waals surface area contributed by atoms with Gasteiger partial charge in [0.1, 0.15) is 16.8 Å². The van der Waals surface area contributed by atoms with Gasteiger partial charge in [-0.05, 0) is 24.6 Å². The third-order valence-electron chi connectivity index (χ3n) is 5.48. The van der Waals surface area contributed by atoms with E-state index < -0.39 is 24.5 Å². The number of furan rings is 1. The molecule has 0 N–H and O–H groups in total. The molecule has 8 heteroatoms. The highest BCUT2D eigenvalue weighted by molar-refractivity contribution is 7.13. The highest BCUT2D eigenvalue weighted by Gasteiger charge is 2.35. The molecule has 3 heterocycles. The number of carbonyl (C=O) groups excluding carboxylic acids is 2. The van der Waals surface area contributed by atoms with Crippen LogP contribution in [0.4, 0.5) is 0 Å². The predicted molar refractivity (Wildman–Crippen MR) is 128 cm³/mol. The summed E-state index contributed by atoms with van der Waals surface area (Å²) in [5.41, 5.74) is 3.93. The van der Waals surface area contributed by atoms with Crippen molar-refractivity contribution in [2.24, 2.45) is 5.10 Å². The smallest absolute Gasteiger partial charge is 0.358 e. The normalized spacial score (nSPS) is 15.3. The maximum Gasteiger partial charge on any atom is 0.358 e. The average Bonchev–Trinajstić information content (AvgIpc) is 3.64. The summed E-state index contributed by atoms with van der Waals surface area (Å²) in [5.74, 6) is -0.462. The van der Waals surface area contributed by atoms with Gasteiger partial charge in [-0.3, -0.25) is 4.79 Å². The summed E-state index contributed by atoms with van der Waals surface area (Å²) in [6.07, 6.45) is 2.07. The fourth-order valence-electron chi connectivity index (χ4n) is 3.71. The number of amides is 1. The summed E-state index contributed by atoms with van der Waals surface area (Å²) in [7, 11) is 0. The minimum Gasteiger partial charge on any atom is -0.467 e. The number of carbonyl (C=O) groups is 2. The van der Waals surface area contributed by atoms with Crippen LogP contribution in [0, 0.1) is 6.92 Å². The van der Waals surface area contributed by atoms with Crippen molar-refractivity contribution in [1.29, 1.82) is 0 Å². The van der Waals surface area contributed by atoms with Crippen LogP contribution < -0.4 is 0 Å². The van der Waals surface area contributed by atoms with Crippen molar-refractivity contribution < 1.29 is 18.7 Å². The summed E-state index contributed by atoms with van der Waals surface area (Å²) in [6, 6.07) is 20.7. The first-order valence-corrected chi connectivity index (χ1v) is 11.6. The number of benzene rings is 2. The lowest BCUT2D eigenvalue weighted by Gasteiger charge is -2.19. The SMILES string of the molecule is Cc1ccc(C2=NN(C(=O)COC(=O)c3csc(-c4ccccc4)n3)C(c3ccco3)C2)cc1. The van der Waals surface area contributed by atoms with Gasteiger partial charge in [0.25, 0.3) is 5.91 Å². The Morgan fingerprint density at radius 3 is 2.59 bits per heavy atom. The van der Waals surface area contributed by atoms with Crippen LogP contribution in [0.1, 0.15) is 39.8 Å². The fourth-order valence-corrected chi connectivity index (χ4v) is 4.51. The van der Waals surface area contributed by atoms with Gasteiger partial charge in [0.05, 0.1) is 12.0 Å². The Hall–Kier alpha value is -4.04. The number of hydrazone groups is 1. The van der Waals surface area contributed by atoms with E-state index in [4.69, 9.17) is 9.15 Å². The highest BCUT2D eigenvalue weighted by atomic mass is 32.1. The van der Waals surface area contributed by atoms with Crippen molar-refractivity contribution in [1.82, 2.24) is 9.99 Å². The molecule has 2 aromatic carbocycles. The maximum absolute atomic E-state index is 13.0. The predicted octanol–water partition coefficient (Wildman–Crippen LogP) is 5.25. The van der Waals surface area contributed by atoms with Crippen LogP contribution in [0.5, 0.6) is 0 Å². The molecule has 0 radical (unpaired) electrons. The first-order valence-electron chi connectivity index (χ1n) is 10.8. The Morgan fingerprint density at radius 2 is 1.85 bits per heavy atom. The monoisotopic (exact) mass is 471 g/mol. The van der Waals surface area contributed by atoms with E-state index in [0.717, 1.165) is 22.4 Å². The third-order valence-corrected chi connectivity index (χ3v) is 6.37. The van der Waals surface area contributed by atoms with Crippen LogP contribution in [0.15, 0.2) is 87.9 Å². The summed E-state index contributed by atoms with van der Waals surface area (Å²) in [5, 5.41) is 8.24. The Labute approximate surface area is 200 Å². The Kier molecular flexibility index (Phi) is 6.05. The van der Waals surface area contributed by atoms with Crippen molar-refractivity contribution in [3.63, 3.8) is 0 Å². The van der Waals surface area contributed by atoms with E-state index in [1.807, 2.05) is 67.6 Å². The second-order valence-corrected chi connectivity index (χ2v) is 8.72. The fraction of sp³-hybridized carbons (Fsp3) is 0.154. The molecule has 0 fully saturated rings. The lowest BCUT2D eigenvalue weighted by atomic mass is 10.0. The molecule has 0 aliphatic carbocycles. The first-order chi connectivity index (χ1) is 16.6. The van der Waals surface area contributed by atoms with Crippen LogP contribution in [-0.4, -0.2) is 34.2 Å². The van der Waals surface area contributed by atoms with Crippen LogP contribution in [-0.2, 0) is 9.53 Å². The average molecular weight is 472 g/mol. The van der Waals surface area contributed by atoms with Crippen molar-refractivity contribution >= 4 is 28.9 Å². The summed E-state index contributed by atoms with van der Waals surface area (Å²) in [4.78, 5) is 29.9. The number of aromatic nitrogens is 1. The summed E-state index contributed by atoms with van der Waals surface area (Å²) >= 11 is 1.35. The number of hydrogen-bond donors (Lipinski definition) is 0. The number of aryl methyl sites for hydroxylation is 1. The molecule has 0 saturated heterocycles. The molecule has 1 aliphatic heterocycles. The molecule has 0 spiro atoms. The van der Waals surface area contributed by atoms with Crippen LogP contribution in [0.3, 0.4) is 0 Å². The molecule has 5 rings (SSSR count). The standard InChI is InChI=1S/C26H21N3O4S/c1-17-9-11-18(12-10-17)20-14-22(23-8-5-13-32-23)29(28-20)24(30)15-33-26(31)21-16-34-25(27-21)19-6-3-2-4-7-19/h2-13,16,22H,14-15H2,1H3. The zero-order valence-corrected chi connectivity index (χ0v) is 19.2. The van der Waals surface area contributed by atoms with E-state index in [1.54, 1.807) is 17.7 Å². The van der Waals surface area contributed by atoms with E-state index in [0.29, 0.717) is 17.2 Å². The zero-order chi connectivity index (χ0) is 23.5. The Balaban J connectivity index is 1.29. The topological polar surface area (TPSA) is 85.0 Å². The van der Waals surface area contributed by atoms with Gasteiger partial charge in [0.2, 0.25) is 0 Å². The molecule has 1 aliphatic rings. The van der Waals surface area contributed by atoms with Gasteiger partial charge in [-0.15, -0.1) is 11.3 Å². The molecule has 2 aromatic heterocycles. The lowest BCUT2D eigenvalue weighted by molar-refractivity contribution is -0.136. The number of esters is 1. The first kappa shape index (κ1) is 21.8. The molecular formula is C26H21N3O4S. The van der Waals surface area contributed by atoms with E-state index in [9.17, 15) is 9.59 Å². The number of hydrogen-bond acceptors (Lipinski definition) is 7. The molecule has 1 amide bonds. The zero-order valence-electron chi connectivity index (χ0n) is 18.4. The molecule has 34 heavy (non-hydrogen) atoms. The van der Waals surface area contributed by atoms with Crippen molar-refractivity contribution in [2.75, 3.05) is 6.61 Å². The highest BCUT2D eigenvalue weighted by Crippen LogP contribution is 2.33. The third kappa shape index (κ3) is 4.53. The van der Waals surface area contributed by atoms with E-state index in [-0.39, 0.29) is 5.69 Å². The van der Waals surface area contributed by atoms with E-state index >= 15 is 0 Å². The van der Waals surface area contributed by atoms with Crippen molar-refractivity contribution in [3.05, 3.63) is 101 Å². The van der Waals surface area contributed by atoms with Gasteiger partial charge in [-0.25, -0.2) is 14.8 Å². The minimum absolute atomic E-state index is 0.171. The van der Waals surface area contributed by atoms with E-state index in [2.05, 4.69) is 10.1 Å². The van der Waals surface area contributed by atoms with Gasteiger partial charge in [0.15, 0.2) is 12.3 Å². The van der Waals surface area contributed by atoms with Gasteiger partial charge in [-0.2, -0.15) is 5.10 Å². The second kappa shape index (κ2) is 9.44. The van der Waals surface area contributed by atoms with Crippen LogP contribution in [0.2, 0.25) is 0 Å². The molecule has 1 atom stereocenters. The molecular weight excluding hydrogens is 450 g/mol. The molecule has 0 bridgehead atoms. The van der Waals surface area contributed by atoms with Crippen LogP contribution in [0.25, 0.3) is 10.6 Å². The Morgan fingerprint density at radius 1 is 1.06 bits per heavy atom. The second-order valence-electron chi connectivity index (χ2n) is 7.87. The van der Waals surface area contributed by atoms with Gasteiger partial charge in [0, 0.05) is 17.4 Å². The molecule has 170 valence electrons. The molecule has 0 saturated carbocycles. The maximum atomic E-state index is 13.0. The van der Waals surface area contributed by atoms with Gasteiger partial charge < -0.3 is 9.15 Å². The summed E-state index contributed by atoms with van der Waals surface area (Å²) < 4.78 is 10.8. The molecule has 1 unspecified atom stereocenters. The Bertz CT molecular complexity index is 1330. The van der Waals surface area contributed by atoms with Crippen LogP contribution >= 0.6 is 11.3 Å². The number of rotatable bonds is 6. The quantitative estimate of drug-likeness (QED) is 0.359. The number of ether oxygens (including phenoxy) is 1. The van der Waals surface area contributed by atoms with Gasteiger partial charge >= 0.3 is 5.97 Å². The molecule has 7 nitrogen and oxygen atoms in total. The summed E-state index contributed by atoms with van der Waals surface area (Å²) in [6.45, 7) is 1.57. The number of thiazole rings is 1. The largest absolute Gasteiger partial charge is 0.467 e. The van der Waals surface area contributed by atoms with E-state index in [1.165, 1.54) is 16.3 Å². The van der Waals surface area contributed by atoms with Gasteiger partial charge in [-0.1, -0.05) is 60.2 Å². The van der Waals surface area contributed by atoms with Crippen molar-refractivity contribution in [2.45, 2.75) is 19.4 Å². The minimum atomic E-state index is -0.650. The van der Waals surface area contributed by atoms with Crippen molar-refractivity contribution in [3.8, 4) is 10.6 Å².